The fraction of sp³-hybridized carbons (Fsp3) is 0.857. The van der Waals surface area contributed by atoms with Crippen LogP contribution < -0.4 is 5.32 Å². The Morgan fingerprint density at radius 2 is 1.90 bits per heavy atom. The van der Waals surface area contributed by atoms with Gasteiger partial charge in [-0.05, 0) is 33.6 Å². The molecule has 1 aliphatic rings. The van der Waals surface area contributed by atoms with E-state index in [1.165, 1.54) is 0 Å². The Bertz CT molecular complexity index is 355. The lowest BCUT2D eigenvalue weighted by atomic mass is 9.89. The van der Waals surface area contributed by atoms with Crippen molar-refractivity contribution >= 4 is 23.6 Å². The molecule has 6 heteroatoms. The van der Waals surface area contributed by atoms with Crippen LogP contribution in [-0.2, 0) is 9.53 Å². The molecule has 1 aliphatic carbocycles. The topological polar surface area (TPSA) is 58.6 Å². The van der Waals surface area contributed by atoms with Gasteiger partial charge >= 0.3 is 6.09 Å². The fourth-order valence-electron chi connectivity index (χ4n) is 2.46. The normalized spacial score (nSPS) is 23.1. The SMILES string of the molecule is CN(C(=O)OC(C)(C)C)[C@H]1CCCC[C@H]1NC(=O)CCl. The van der Waals surface area contributed by atoms with Gasteiger partial charge in [0.1, 0.15) is 11.5 Å². The summed E-state index contributed by atoms with van der Waals surface area (Å²) in [4.78, 5) is 25.2. The van der Waals surface area contributed by atoms with Gasteiger partial charge in [0.2, 0.25) is 5.91 Å². The highest BCUT2D eigenvalue weighted by atomic mass is 35.5. The van der Waals surface area contributed by atoms with Gasteiger partial charge in [-0.25, -0.2) is 4.79 Å². The Balaban J connectivity index is 2.68. The van der Waals surface area contributed by atoms with Crippen molar-refractivity contribution in [2.24, 2.45) is 0 Å². The van der Waals surface area contributed by atoms with Crippen LogP contribution in [0.2, 0.25) is 0 Å². The van der Waals surface area contributed by atoms with Gasteiger partial charge in [0.05, 0.1) is 6.04 Å². The number of halogens is 1. The molecule has 1 fully saturated rings. The van der Waals surface area contributed by atoms with Crippen molar-refractivity contribution < 1.29 is 14.3 Å². The molecule has 2 amide bonds. The maximum absolute atomic E-state index is 12.1. The van der Waals surface area contributed by atoms with Crippen molar-refractivity contribution in [3.05, 3.63) is 0 Å². The Kier molecular flexibility index (Phi) is 6.11. The highest BCUT2D eigenvalue weighted by Gasteiger charge is 2.33. The van der Waals surface area contributed by atoms with E-state index in [2.05, 4.69) is 5.32 Å². The maximum atomic E-state index is 12.1. The van der Waals surface area contributed by atoms with Crippen molar-refractivity contribution in [3.63, 3.8) is 0 Å². The number of ether oxygens (including phenoxy) is 1. The molecule has 0 aromatic carbocycles. The summed E-state index contributed by atoms with van der Waals surface area (Å²) in [6, 6.07) is -0.0849. The minimum atomic E-state index is -0.519. The average Bonchev–Trinajstić information content (AvgIpc) is 2.36. The molecule has 0 bridgehead atoms. The smallest absolute Gasteiger partial charge is 0.410 e. The number of hydrogen-bond donors (Lipinski definition) is 1. The molecule has 2 atom stereocenters. The van der Waals surface area contributed by atoms with Gasteiger partial charge in [0.25, 0.3) is 0 Å². The number of carbonyl (C=O) groups is 2. The van der Waals surface area contributed by atoms with E-state index in [0.29, 0.717) is 0 Å². The Morgan fingerprint density at radius 1 is 1.30 bits per heavy atom. The molecule has 5 nitrogen and oxygen atoms in total. The van der Waals surface area contributed by atoms with E-state index in [0.717, 1.165) is 25.7 Å². The number of amides is 2. The molecule has 20 heavy (non-hydrogen) atoms. The third-order valence-electron chi connectivity index (χ3n) is 3.38. The molecule has 0 heterocycles. The summed E-state index contributed by atoms with van der Waals surface area (Å²) < 4.78 is 5.38. The molecular formula is C14H25ClN2O3. The predicted octanol–water partition coefficient (Wildman–Crippen LogP) is 2.52. The maximum Gasteiger partial charge on any atom is 0.410 e. The molecule has 0 aromatic rings. The quantitative estimate of drug-likeness (QED) is 0.815. The largest absolute Gasteiger partial charge is 0.444 e. The molecular weight excluding hydrogens is 280 g/mol. The number of hydrogen-bond acceptors (Lipinski definition) is 3. The summed E-state index contributed by atoms with van der Waals surface area (Å²) in [6.45, 7) is 5.52. The first-order valence-electron chi connectivity index (χ1n) is 7.05. The van der Waals surface area contributed by atoms with E-state index in [9.17, 15) is 9.59 Å². The molecule has 1 rings (SSSR count). The fourth-order valence-corrected chi connectivity index (χ4v) is 2.54. The van der Waals surface area contributed by atoms with Gasteiger partial charge in [-0.15, -0.1) is 11.6 Å². The molecule has 1 saturated carbocycles. The van der Waals surface area contributed by atoms with Crippen LogP contribution in [0.15, 0.2) is 0 Å². The van der Waals surface area contributed by atoms with Gasteiger partial charge < -0.3 is 15.0 Å². The zero-order valence-corrected chi connectivity index (χ0v) is 13.5. The van der Waals surface area contributed by atoms with Gasteiger partial charge in [0.15, 0.2) is 0 Å². The van der Waals surface area contributed by atoms with Crippen LogP contribution in [0.1, 0.15) is 46.5 Å². The molecule has 0 aliphatic heterocycles. The van der Waals surface area contributed by atoms with Crippen LogP contribution in [0.3, 0.4) is 0 Å². The third-order valence-corrected chi connectivity index (χ3v) is 3.62. The number of likely N-dealkylation sites (N-methyl/N-ethyl adjacent to an activating group) is 1. The van der Waals surface area contributed by atoms with Crippen molar-refractivity contribution in [2.75, 3.05) is 12.9 Å². The lowest BCUT2D eigenvalue weighted by Gasteiger charge is -2.38. The van der Waals surface area contributed by atoms with E-state index in [1.807, 2.05) is 20.8 Å². The van der Waals surface area contributed by atoms with E-state index < -0.39 is 5.60 Å². The summed E-state index contributed by atoms with van der Waals surface area (Å²) in [5, 5.41) is 2.90. The summed E-state index contributed by atoms with van der Waals surface area (Å²) in [7, 11) is 1.73. The molecule has 116 valence electrons. The first-order valence-corrected chi connectivity index (χ1v) is 7.59. The molecule has 0 spiro atoms. The number of rotatable bonds is 3. The minimum absolute atomic E-state index is 0.0363. The Hall–Kier alpha value is -0.970. The second-order valence-electron chi connectivity index (χ2n) is 6.25. The monoisotopic (exact) mass is 304 g/mol. The number of nitrogens with one attached hydrogen (secondary N) is 1. The van der Waals surface area contributed by atoms with Crippen LogP contribution in [0.4, 0.5) is 4.79 Å². The van der Waals surface area contributed by atoms with Crippen LogP contribution in [-0.4, -0.2) is 47.5 Å². The Morgan fingerprint density at radius 3 is 2.45 bits per heavy atom. The highest BCUT2D eigenvalue weighted by molar-refractivity contribution is 6.27. The van der Waals surface area contributed by atoms with Crippen LogP contribution in [0.5, 0.6) is 0 Å². The molecule has 0 unspecified atom stereocenters. The second-order valence-corrected chi connectivity index (χ2v) is 6.52. The van der Waals surface area contributed by atoms with Crippen LogP contribution >= 0.6 is 11.6 Å². The van der Waals surface area contributed by atoms with Gasteiger partial charge in [0, 0.05) is 13.1 Å². The van der Waals surface area contributed by atoms with E-state index in [-0.39, 0.29) is 30.0 Å². The summed E-state index contributed by atoms with van der Waals surface area (Å²) in [5.74, 6) is -0.250. The first kappa shape index (κ1) is 17.1. The Labute approximate surface area is 126 Å². The summed E-state index contributed by atoms with van der Waals surface area (Å²) in [5.41, 5.74) is -0.519. The first-order chi connectivity index (χ1) is 9.24. The minimum Gasteiger partial charge on any atom is -0.444 e. The summed E-state index contributed by atoms with van der Waals surface area (Å²) >= 11 is 5.53. The standard InChI is InChI=1S/C14H25ClN2O3/c1-14(2,3)20-13(19)17(4)11-8-6-5-7-10(11)16-12(18)9-15/h10-11H,5-9H2,1-4H3,(H,16,18)/t10-,11+/m1/s1. The van der Waals surface area contributed by atoms with E-state index in [4.69, 9.17) is 16.3 Å². The van der Waals surface area contributed by atoms with Gasteiger partial charge in [-0.1, -0.05) is 12.8 Å². The molecule has 0 radical (unpaired) electrons. The average molecular weight is 305 g/mol. The van der Waals surface area contributed by atoms with E-state index >= 15 is 0 Å². The zero-order valence-electron chi connectivity index (χ0n) is 12.7. The number of nitrogens with zero attached hydrogens (tertiary/aromatic N) is 1. The van der Waals surface area contributed by atoms with Crippen LogP contribution in [0, 0.1) is 0 Å². The molecule has 1 N–H and O–H groups in total. The highest BCUT2D eigenvalue weighted by Crippen LogP contribution is 2.24. The van der Waals surface area contributed by atoms with Crippen molar-refractivity contribution in [2.45, 2.75) is 64.1 Å². The number of alkyl halides is 1. The van der Waals surface area contributed by atoms with Crippen LogP contribution in [0.25, 0.3) is 0 Å². The zero-order chi connectivity index (χ0) is 15.3. The lowest BCUT2D eigenvalue weighted by Crippen LogP contribution is -2.54. The third kappa shape index (κ3) is 5.19. The molecule has 0 saturated heterocycles. The number of carbonyl (C=O) groups excluding carboxylic acids is 2. The van der Waals surface area contributed by atoms with Crippen molar-refractivity contribution in [1.82, 2.24) is 10.2 Å². The van der Waals surface area contributed by atoms with E-state index in [1.54, 1.807) is 11.9 Å². The molecule has 0 aromatic heterocycles. The lowest BCUT2D eigenvalue weighted by molar-refractivity contribution is -0.120. The predicted molar refractivity (Wildman–Crippen MR) is 78.9 cm³/mol. The van der Waals surface area contributed by atoms with Crippen molar-refractivity contribution in [1.29, 1.82) is 0 Å². The summed E-state index contributed by atoms with van der Waals surface area (Å²) in [6.07, 6.45) is 3.47. The van der Waals surface area contributed by atoms with Gasteiger partial charge in [-0.3, -0.25) is 4.79 Å². The van der Waals surface area contributed by atoms with Gasteiger partial charge in [-0.2, -0.15) is 0 Å². The van der Waals surface area contributed by atoms with Crippen molar-refractivity contribution in [3.8, 4) is 0 Å². The second kappa shape index (κ2) is 7.16.